The molecule has 0 aromatic rings. The van der Waals surface area contributed by atoms with Gasteiger partial charge in [-0.3, -0.25) is 0 Å². The normalized spacial score (nSPS) is 31.0. The molecule has 1 fully saturated rings. The standard InChI is InChI=1S/C6H11F3N2O/c7-6(8,9)3-11-4-1-10-2-5(4)12/h4-5,10-12H,1-3H2. The third-order valence-corrected chi connectivity index (χ3v) is 1.75. The van der Waals surface area contributed by atoms with Gasteiger partial charge >= 0.3 is 6.18 Å². The largest absolute Gasteiger partial charge is 0.401 e. The summed E-state index contributed by atoms with van der Waals surface area (Å²) in [5.74, 6) is 0. The zero-order chi connectivity index (χ0) is 9.19. The van der Waals surface area contributed by atoms with Gasteiger partial charge in [0.15, 0.2) is 0 Å². The van der Waals surface area contributed by atoms with Gasteiger partial charge in [0.05, 0.1) is 12.6 Å². The van der Waals surface area contributed by atoms with E-state index in [1.54, 1.807) is 0 Å². The molecule has 0 amide bonds. The first-order valence-corrected chi connectivity index (χ1v) is 3.68. The fourth-order valence-electron chi connectivity index (χ4n) is 1.12. The number of hydrogen-bond acceptors (Lipinski definition) is 3. The van der Waals surface area contributed by atoms with Gasteiger partial charge in [-0.15, -0.1) is 0 Å². The summed E-state index contributed by atoms with van der Waals surface area (Å²) in [5, 5.41) is 14.1. The van der Waals surface area contributed by atoms with Crippen molar-refractivity contribution in [3.05, 3.63) is 0 Å². The minimum Gasteiger partial charge on any atom is -0.390 e. The Morgan fingerprint density at radius 3 is 2.50 bits per heavy atom. The maximum atomic E-state index is 11.7. The van der Waals surface area contributed by atoms with Gasteiger partial charge in [-0.05, 0) is 0 Å². The van der Waals surface area contributed by atoms with Crippen LogP contribution >= 0.6 is 0 Å². The van der Waals surface area contributed by atoms with Crippen LogP contribution in [0.25, 0.3) is 0 Å². The first-order chi connectivity index (χ1) is 5.49. The highest BCUT2D eigenvalue weighted by atomic mass is 19.4. The molecule has 3 nitrogen and oxygen atoms in total. The Labute approximate surface area is 67.9 Å². The summed E-state index contributed by atoms with van der Waals surface area (Å²) in [5.41, 5.74) is 0. The van der Waals surface area contributed by atoms with E-state index in [0.717, 1.165) is 0 Å². The van der Waals surface area contributed by atoms with Crippen LogP contribution in [0.4, 0.5) is 13.2 Å². The highest BCUT2D eigenvalue weighted by Gasteiger charge is 2.31. The van der Waals surface area contributed by atoms with Crippen LogP contribution in [0.3, 0.4) is 0 Å². The minimum atomic E-state index is -4.21. The second-order valence-corrected chi connectivity index (χ2v) is 2.83. The van der Waals surface area contributed by atoms with Crippen molar-refractivity contribution in [1.82, 2.24) is 10.6 Å². The van der Waals surface area contributed by atoms with Crippen molar-refractivity contribution in [2.75, 3.05) is 19.6 Å². The van der Waals surface area contributed by atoms with Crippen LogP contribution in [0.5, 0.6) is 0 Å². The van der Waals surface area contributed by atoms with Crippen LogP contribution in [-0.4, -0.2) is 43.1 Å². The summed E-state index contributed by atoms with van der Waals surface area (Å²) in [6.45, 7) is -0.302. The van der Waals surface area contributed by atoms with E-state index in [0.29, 0.717) is 13.1 Å². The molecule has 3 N–H and O–H groups in total. The second-order valence-electron chi connectivity index (χ2n) is 2.83. The molecular weight excluding hydrogens is 173 g/mol. The molecule has 1 saturated heterocycles. The monoisotopic (exact) mass is 184 g/mol. The average Bonchev–Trinajstić information content (AvgIpc) is 2.29. The van der Waals surface area contributed by atoms with Crippen LogP contribution < -0.4 is 10.6 Å². The van der Waals surface area contributed by atoms with Crippen molar-refractivity contribution in [3.8, 4) is 0 Å². The number of nitrogens with one attached hydrogen (secondary N) is 2. The fourth-order valence-corrected chi connectivity index (χ4v) is 1.12. The van der Waals surface area contributed by atoms with Crippen LogP contribution in [0.15, 0.2) is 0 Å². The molecule has 1 heterocycles. The van der Waals surface area contributed by atoms with Crippen molar-refractivity contribution in [1.29, 1.82) is 0 Å². The van der Waals surface area contributed by atoms with Crippen molar-refractivity contribution in [3.63, 3.8) is 0 Å². The molecule has 2 unspecified atom stereocenters. The minimum absolute atomic E-state index is 0.357. The van der Waals surface area contributed by atoms with E-state index in [1.807, 2.05) is 0 Å². The Morgan fingerprint density at radius 2 is 2.08 bits per heavy atom. The molecule has 72 valence electrons. The predicted octanol–water partition coefficient (Wildman–Crippen LogP) is -0.529. The van der Waals surface area contributed by atoms with Crippen LogP contribution in [0.1, 0.15) is 0 Å². The van der Waals surface area contributed by atoms with E-state index in [-0.39, 0.29) is 0 Å². The molecule has 0 aromatic heterocycles. The molecule has 0 bridgehead atoms. The zero-order valence-electron chi connectivity index (χ0n) is 6.36. The topological polar surface area (TPSA) is 44.3 Å². The molecule has 0 radical (unpaired) electrons. The predicted molar refractivity (Wildman–Crippen MR) is 36.7 cm³/mol. The van der Waals surface area contributed by atoms with Gasteiger partial charge in [-0.1, -0.05) is 0 Å². The maximum Gasteiger partial charge on any atom is 0.401 e. The van der Waals surface area contributed by atoms with E-state index in [4.69, 9.17) is 5.11 Å². The summed E-state index contributed by atoms with van der Waals surface area (Å²) in [6.07, 6.45) is -4.92. The maximum absolute atomic E-state index is 11.7. The quantitative estimate of drug-likeness (QED) is 0.540. The van der Waals surface area contributed by atoms with Crippen molar-refractivity contribution < 1.29 is 18.3 Å². The van der Waals surface area contributed by atoms with Gasteiger partial charge in [0.1, 0.15) is 0 Å². The molecule has 0 aromatic carbocycles. The Hall–Kier alpha value is -0.330. The van der Waals surface area contributed by atoms with E-state index < -0.39 is 24.9 Å². The van der Waals surface area contributed by atoms with Crippen LogP contribution in [0, 0.1) is 0 Å². The number of β-amino-alcohol motifs (C(OH)–C–C–N with tert-alkyl or cyclic N) is 1. The molecule has 0 spiro atoms. The zero-order valence-corrected chi connectivity index (χ0v) is 6.36. The van der Waals surface area contributed by atoms with Crippen molar-refractivity contribution >= 4 is 0 Å². The van der Waals surface area contributed by atoms with E-state index in [1.165, 1.54) is 0 Å². The molecule has 2 atom stereocenters. The third-order valence-electron chi connectivity index (χ3n) is 1.75. The number of rotatable bonds is 2. The molecule has 0 saturated carbocycles. The smallest absolute Gasteiger partial charge is 0.390 e. The molecule has 6 heteroatoms. The lowest BCUT2D eigenvalue weighted by molar-refractivity contribution is -0.127. The van der Waals surface area contributed by atoms with Gasteiger partial charge in [-0.25, -0.2) is 0 Å². The highest BCUT2D eigenvalue weighted by Crippen LogP contribution is 2.13. The SMILES string of the molecule is OC1CNCC1NCC(F)(F)F. The average molecular weight is 184 g/mol. The Morgan fingerprint density at radius 1 is 1.42 bits per heavy atom. The van der Waals surface area contributed by atoms with Crippen molar-refractivity contribution in [2.45, 2.75) is 18.3 Å². The molecule has 12 heavy (non-hydrogen) atoms. The van der Waals surface area contributed by atoms with Crippen LogP contribution in [-0.2, 0) is 0 Å². The molecule has 0 aliphatic carbocycles. The lowest BCUT2D eigenvalue weighted by atomic mass is 10.2. The van der Waals surface area contributed by atoms with E-state index in [2.05, 4.69) is 10.6 Å². The lowest BCUT2D eigenvalue weighted by Crippen LogP contribution is -2.43. The molecule has 1 rings (SSSR count). The number of halogens is 3. The number of aliphatic hydroxyl groups excluding tert-OH is 1. The summed E-state index contributed by atoms with van der Waals surface area (Å²) in [7, 11) is 0. The number of alkyl halides is 3. The second kappa shape index (κ2) is 3.59. The van der Waals surface area contributed by atoms with Gasteiger partial charge in [0.2, 0.25) is 0 Å². The Bertz CT molecular complexity index is 150. The number of aliphatic hydroxyl groups is 1. The summed E-state index contributed by atoms with van der Waals surface area (Å²) in [6, 6.07) is -0.480. The van der Waals surface area contributed by atoms with Crippen molar-refractivity contribution in [2.24, 2.45) is 0 Å². The van der Waals surface area contributed by atoms with Gasteiger partial charge in [0.25, 0.3) is 0 Å². The summed E-state index contributed by atoms with van der Waals surface area (Å²) < 4.78 is 35.0. The summed E-state index contributed by atoms with van der Waals surface area (Å²) >= 11 is 0. The van der Waals surface area contributed by atoms with E-state index in [9.17, 15) is 13.2 Å². The van der Waals surface area contributed by atoms with Gasteiger partial charge in [0, 0.05) is 19.1 Å². The Kier molecular flexibility index (Phi) is 2.92. The fraction of sp³-hybridized carbons (Fsp3) is 1.00. The third kappa shape index (κ3) is 2.96. The first-order valence-electron chi connectivity index (χ1n) is 3.68. The molecule has 1 aliphatic heterocycles. The molecular formula is C6H11F3N2O. The highest BCUT2D eigenvalue weighted by molar-refractivity contribution is 4.86. The Balaban J connectivity index is 2.23. The van der Waals surface area contributed by atoms with Gasteiger partial charge < -0.3 is 15.7 Å². The first kappa shape index (κ1) is 9.76. The molecule has 1 aliphatic rings. The number of hydrogen-bond donors (Lipinski definition) is 3. The van der Waals surface area contributed by atoms with Gasteiger partial charge in [-0.2, -0.15) is 13.2 Å². The van der Waals surface area contributed by atoms with Crippen LogP contribution in [0.2, 0.25) is 0 Å². The summed E-state index contributed by atoms with van der Waals surface area (Å²) in [4.78, 5) is 0. The van der Waals surface area contributed by atoms with E-state index >= 15 is 0 Å². The lowest BCUT2D eigenvalue weighted by Gasteiger charge is -2.16.